The van der Waals surface area contributed by atoms with Crippen LogP contribution in [-0.2, 0) is 6.42 Å². The van der Waals surface area contributed by atoms with Crippen LogP contribution in [0.2, 0.25) is 5.15 Å². The maximum atomic E-state index is 6.17. The van der Waals surface area contributed by atoms with Gasteiger partial charge in [0.05, 0.1) is 0 Å². The molecule has 0 fully saturated rings. The van der Waals surface area contributed by atoms with Crippen molar-refractivity contribution >= 4 is 39.8 Å². The lowest BCUT2D eigenvalue weighted by Crippen LogP contribution is -2.07. The number of aromatic nitrogens is 4. The zero-order valence-electron chi connectivity index (χ0n) is 11.8. The first-order chi connectivity index (χ1) is 9.51. The Morgan fingerprint density at radius 1 is 1.25 bits per heavy atom. The average molecular weight is 330 g/mol. The standard InChI is InChI=1S/C12H16ClN5S2/c1-5-6-8-14-9(13)7(2)10(15-8)19-12-17-16-11(20-12)18(3)4/h5-6H2,1-4H3. The number of nitrogens with zero attached hydrogens (tertiary/aromatic N) is 5. The van der Waals surface area contributed by atoms with Crippen LogP contribution in [-0.4, -0.2) is 34.3 Å². The minimum Gasteiger partial charge on any atom is -0.353 e. The first kappa shape index (κ1) is 15.5. The van der Waals surface area contributed by atoms with Crippen LogP contribution in [0.25, 0.3) is 0 Å². The second-order valence-corrected chi connectivity index (χ2v) is 7.01. The summed E-state index contributed by atoms with van der Waals surface area (Å²) in [4.78, 5) is 10.8. The molecule has 0 N–H and O–H groups in total. The SMILES string of the molecule is CCCc1nc(Cl)c(C)c(Sc2nnc(N(C)C)s2)n1. The number of hydrogen-bond donors (Lipinski definition) is 0. The minimum atomic E-state index is 0.517. The van der Waals surface area contributed by atoms with Gasteiger partial charge >= 0.3 is 0 Å². The third kappa shape index (κ3) is 3.59. The van der Waals surface area contributed by atoms with E-state index in [0.29, 0.717) is 5.15 Å². The summed E-state index contributed by atoms with van der Waals surface area (Å²) in [6, 6.07) is 0. The highest BCUT2D eigenvalue weighted by Crippen LogP contribution is 2.34. The van der Waals surface area contributed by atoms with E-state index in [1.165, 1.54) is 23.1 Å². The second-order valence-electron chi connectivity index (χ2n) is 4.46. The smallest absolute Gasteiger partial charge is 0.208 e. The molecule has 0 aliphatic rings. The zero-order chi connectivity index (χ0) is 14.7. The fourth-order valence-electron chi connectivity index (χ4n) is 1.45. The molecule has 8 heteroatoms. The van der Waals surface area contributed by atoms with Crippen molar-refractivity contribution in [3.8, 4) is 0 Å². The summed E-state index contributed by atoms with van der Waals surface area (Å²) in [5, 5.41) is 10.5. The van der Waals surface area contributed by atoms with Gasteiger partial charge in [0.15, 0.2) is 4.34 Å². The van der Waals surface area contributed by atoms with Gasteiger partial charge in [0.25, 0.3) is 0 Å². The third-order valence-corrected chi connectivity index (χ3v) is 5.12. The fourth-order valence-corrected chi connectivity index (χ4v) is 3.47. The molecular formula is C12H16ClN5S2. The Balaban J connectivity index is 2.27. The van der Waals surface area contributed by atoms with Crippen LogP contribution >= 0.6 is 34.7 Å². The first-order valence-electron chi connectivity index (χ1n) is 6.23. The molecule has 2 rings (SSSR count). The molecule has 0 saturated carbocycles. The van der Waals surface area contributed by atoms with Gasteiger partial charge in [-0.05, 0) is 25.1 Å². The number of rotatable bonds is 5. The summed E-state index contributed by atoms with van der Waals surface area (Å²) in [5.74, 6) is 0.781. The summed E-state index contributed by atoms with van der Waals surface area (Å²) >= 11 is 9.19. The molecule has 0 aromatic carbocycles. The van der Waals surface area contributed by atoms with Gasteiger partial charge in [-0.15, -0.1) is 10.2 Å². The van der Waals surface area contributed by atoms with Crippen LogP contribution in [0.3, 0.4) is 0 Å². The van der Waals surface area contributed by atoms with E-state index in [1.54, 1.807) is 0 Å². The number of anilines is 1. The molecule has 5 nitrogen and oxygen atoms in total. The van der Waals surface area contributed by atoms with E-state index in [2.05, 4.69) is 27.1 Å². The summed E-state index contributed by atoms with van der Waals surface area (Å²) in [6.45, 7) is 4.02. The predicted molar refractivity (Wildman–Crippen MR) is 84.1 cm³/mol. The normalized spacial score (nSPS) is 10.8. The molecule has 0 saturated heterocycles. The van der Waals surface area contributed by atoms with Crippen LogP contribution in [0.4, 0.5) is 5.13 Å². The Hall–Kier alpha value is -0.920. The molecule has 2 heterocycles. The van der Waals surface area contributed by atoms with Crippen LogP contribution in [0.5, 0.6) is 0 Å². The number of aryl methyl sites for hydroxylation is 1. The Morgan fingerprint density at radius 3 is 2.60 bits per heavy atom. The number of halogens is 1. The van der Waals surface area contributed by atoms with E-state index < -0.39 is 0 Å². The monoisotopic (exact) mass is 329 g/mol. The van der Waals surface area contributed by atoms with Crippen molar-refractivity contribution in [1.82, 2.24) is 20.2 Å². The van der Waals surface area contributed by atoms with E-state index in [-0.39, 0.29) is 0 Å². The van der Waals surface area contributed by atoms with Gasteiger partial charge < -0.3 is 4.90 Å². The van der Waals surface area contributed by atoms with Crippen LogP contribution in [0.1, 0.15) is 24.7 Å². The minimum absolute atomic E-state index is 0.517. The van der Waals surface area contributed by atoms with Gasteiger partial charge in [0.1, 0.15) is 16.0 Å². The van der Waals surface area contributed by atoms with Crippen molar-refractivity contribution < 1.29 is 0 Å². The van der Waals surface area contributed by atoms with E-state index >= 15 is 0 Å². The largest absolute Gasteiger partial charge is 0.353 e. The summed E-state index contributed by atoms with van der Waals surface area (Å²) in [5.41, 5.74) is 0.887. The Bertz CT molecular complexity index is 600. The highest BCUT2D eigenvalue weighted by Gasteiger charge is 2.14. The molecule has 2 aromatic rings. The van der Waals surface area contributed by atoms with Gasteiger partial charge in [0.2, 0.25) is 5.13 Å². The molecule has 0 atom stereocenters. The lowest BCUT2D eigenvalue weighted by molar-refractivity contribution is 0.801. The van der Waals surface area contributed by atoms with Crippen LogP contribution in [0, 0.1) is 6.92 Å². The summed E-state index contributed by atoms with van der Waals surface area (Å²) < 4.78 is 0.856. The molecule has 0 bridgehead atoms. The highest BCUT2D eigenvalue weighted by atomic mass is 35.5. The molecule has 108 valence electrons. The van der Waals surface area contributed by atoms with E-state index in [4.69, 9.17) is 11.6 Å². The summed E-state index contributed by atoms with van der Waals surface area (Å²) in [6.07, 6.45) is 1.82. The quantitative estimate of drug-likeness (QED) is 0.783. The predicted octanol–water partition coefficient (Wildman–Crippen LogP) is 3.46. The molecule has 0 aliphatic heterocycles. The topological polar surface area (TPSA) is 54.8 Å². The maximum absolute atomic E-state index is 6.17. The van der Waals surface area contributed by atoms with E-state index in [1.807, 2.05) is 25.9 Å². The lowest BCUT2D eigenvalue weighted by atomic mass is 10.3. The number of hydrogen-bond acceptors (Lipinski definition) is 7. The Morgan fingerprint density at radius 2 is 2.00 bits per heavy atom. The van der Waals surface area contributed by atoms with E-state index in [9.17, 15) is 0 Å². The molecule has 0 amide bonds. The molecule has 0 radical (unpaired) electrons. The zero-order valence-corrected chi connectivity index (χ0v) is 14.2. The van der Waals surface area contributed by atoms with Gasteiger partial charge in [0, 0.05) is 26.1 Å². The first-order valence-corrected chi connectivity index (χ1v) is 8.24. The third-order valence-electron chi connectivity index (χ3n) is 2.52. The lowest BCUT2D eigenvalue weighted by Gasteiger charge is -2.07. The molecule has 0 aliphatic carbocycles. The van der Waals surface area contributed by atoms with Gasteiger partial charge in [-0.2, -0.15) is 0 Å². The van der Waals surface area contributed by atoms with Gasteiger partial charge in [-0.25, -0.2) is 9.97 Å². The average Bonchev–Trinajstić information content (AvgIpc) is 2.84. The van der Waals surface area contributed by atoms with Crippen LogP contribution < -0.4 is 4.90 Å². The maximum Gasteiger partial charge on any atom is 0.208 e. The van der Waals surface area contributed by atoms with Crippen LogP contribution in [0.15, 0.2) is 9.37 Å². The van der Waals surface area contributed by atoms with Gasteiger partial charge in [-0.3, -0.25) is 0 Å². The molecule has 0 spiro atoms. The Labute approximate surface area is 131 Å². The van der Waals surface area contributed by atoms with Crippen molar-refractivity contribution in [2.24, 2.45) is 0 Å². The van der Waals surface area contributed by atoms with E-state index in [0.717, 1.165) is 38.7 Å². The molecule has 20 heavy (non-hydrogen) atoms. The molecule has 2 aromatic heterocycles. The van der Waals surface area contributed by atoms with Crippen molar-refractivity contribution in [2.75, 3.05) is 19.0 Å². The van der Waals surface area contributed by atoms with Crippen molar-refractivity contribution in [1.29, 1.82) is 0 Å². The molecule has 0 unspecified atom stereocenters. The highest BCUT2D eigenvalue weighted by molar-refractivity contribution is 8.01. The Kier molecular flexibility index (Phi) is 5.17. The van der Waals surface area contributed by atoms with Crippen molar-refractivity contribution in [2.45, 2.75) is 36.1 Å². The van der Waals surface area contributed by atoms with Crippen molar-refractivity contribution in [3.63, 3.8) is 0 Å². The van der Waals surface area contributed by atoms with Crippen molar-refractivity contribution in [3.05, 3.63) is 16.5 Å². The van der Waals surface area contributed by atoms with Gasteiger partial charge in [-0.1, -0.05) is 29.9 Å². The molecular weight excluding hydrogens is 314 g/mol. The summed E-state index contributed by atoms with van der Waals surface area (Å²) in [7, 11) is 3.89. The fraction of sp³-hybridized carbons (Fsp3) is 0.500. The second kappa shape index (κ2) is 6.69.